The van der Waals surface area contributed by atoms with Crippen molar-refractivity contribution in [3.63, 3.8) is 0 Å². The lowest BCUT2D eigenvalue weighted by Crippen LogP contribution is -2.41. The molecule has 0 unspecified atom stereocenters. The first-order valence-corrected chi connectivity index (χ1v) is 10.2. The number of carbonyl (C=O) groups is 1. The van der Waals surface area contributed by atoms with Crippen LogP contribution >= 0.6 is 23.4 Å². The second kappa shape index (κ2) is 7.48. The summed E-state index contributed by atoms with van der Waals surface area (Å²) in [5, 5.41) is 12.3. The standard InChI is InChI=1S/C20H20ClN5OS/c1-11-8-12(2)10-16(9-11)22-19(27)18-17(14-4-6-15(21)7-5-14)25-26-13(3)23-24-20(26)28-18/h4-10,17-18,25H,1-3H3,(H,22,27)/t17-,18+/m0/s1. The van der Waals surface area contributed by atoms with Crippen LogP contribution in [0, 0.1) is 20.8 Å². The van der Waals surface area contributed by atoms with E-state index in [-0.39, 0.29) is 11.9 Å². The van der Waals surface area contributed by atoms with Crippen LogP contribution in [0.3, 0.4) is 0 Å². The van der Waals surface area contributed by atoms with Crippen LogP contribution in [-0.4, -0.2) is 26.0 Å². The fourth-order valence-electron chi connectivity index (χ4n) is 3.34. The Morgan fingerprint density at radius 3 is 2.46 bits per heavy atom. The summed E-state index contributed by atoms with van der Waals surface area (Å²) in [6.07, 6.45) is 0. The van der Waals surface area contributed by atoms with Crippen molar-refractivity contribution in [2.24, 2.45) is 0 Å². The SMILES string of the molecule is Cc1cc(C)cc(NC(=O)[C@@H]2Sc3nnc(C)n3N[C@H]2c2ccc(Cl)cc2)c1. The molecule has 1 aliphatic heterocycles. The van der Waals surface area contributed by atoms with Crippen LogP contribution in [0.2, 0.25) is 5.02 Å². The molecule has 2 atom stereocenters. The van der Waals surface area contributed by atoms with Gasteiger partial charge in [0.15, 0.2) is 0 Å². The van der Waals surface area contributed by atoms with Gasteiger partial charge in [0.25, 0.3) is 0 Å². The molecule has 0 radical (unpaired) electrons. The van der Waals surface area contributed by atoms with Crippen LogP contribution in [0.25, 0.3) is 0 Å². The normalized spacial score (nSPS) is 18.3. The van der Waals surface area contributed by atoms with Gasteiger partial charge in [-0.2, -0.15) is 0 Å². The summed E-state index contributed by atoms with van der Waals surface area (Å²) in [6.45, 7) is 5.90. The number of benzene rings is 2. The van der Waals surface area contributed by atoms with Crippen molar-refractivity contribution in [2.45, 2.75) is 37.2 Å². The quantitative estimate of drug-likeness (QED) is 0.671. The van der Waals surface area contributed by atoms with Crippen molar-refractivity contribution in [1.82, 2.24) is 14.9 Å². The molecule has 0 saturated heterocycles. The van der Waals surface area contributed by atoms with E-state index in [2.05, 4.69) is 27.0 Å². The molecule has 0 fully saturated rings. The van der Waals surface area contributed by atoms with E-state index in [9.17, 15) is 4.79 Å². The molecule has 0 saturated carbocycles. The number of amides is 1. The fourth-order valence-corrected chi connectivity index (χ4v) is 4.59. The highest BCUT2D eigenvalue weighted by Crippen LogP contribution is 2.37. The minimum Gasteiger partial charge on any atom is -0.325 e. The molecule has 6 nitrogen and oxygen atoms in total. The van der Waals surface area contributed by atoms with Gasteiger partial charge in [-0.1, -0.05) is 41.6 Å². The van der Waals surface area contributed by atoms with Crippen molar-refractivity contribution in [3.8, 4) is 0 Å². The Morgan fingerprint density at radius 1 is 1.11 bits per heavy atom. The molecule has 1 aromatic heterocycles. The number of anilines is 1. The number of carbonyl (C=O) groups excluding carboxylic acids is 1. The monoisotopic (exact) mass is 413 g/mol. The summed E-state index contributed by atoms with van der Waals surface area (Å²) in [5.74, 6) is 0.656. The van der Waals surface area contributed by atoms with E-state index in [1.54, 1.807) is 0 Å². The molecular formula is C20H20ClN5OS. The number of hydrogen-bond donors (Lipinski definition) is 2. The first-order chi connectivity index (χ1) is 13.4. The van der Waals surface area contributed by atoms with E-state index in [4.69, 9.17) is 11.6 Å². The van der Waals surface area contributed by atoms with Gasteiger partial charge in [0, 0.05) is 10.7 Å². The molecular weight excluding hydrogens is 394 g/mol. The van der Waals surface area contributed by atoms with Crippen molar-refractivity contribution in [3.05, 3.63) is 70.0 Å². The van der Waals surface area contributed by atoms with Crippen LogP contribution in [0.5, 0.6) is 0 Å². The van der Waals surface area contributed by atoms with Gasteiger partial charge in [0.1, 0.15) is 11.1 Å². The number of halogens is 1. The lowest BCUT2D eigenvalue weighted by molar-refractivity contribution is -0.116. The van der Waals surface area contributed by atoms with Gasteiger partial charge in [0.2, 0.25) is 11.1 Å². The average Bonchev–Trinajstić information content (AvgIpc) is 3.01. The minimum absolute atomic E-state index is 0.0886. The first kappa shape index (κ1) is 18.8. The van der Waals surface area contributed by atoms with Gasteiger partial charge < -0.3 is 10.7 Å². The largest absolute Gasteiger partial charge is 0.325 e. The van der Waals surface area contributed by atoms with Crippen molar-refractivity contribution in [2.75, 3.05) is 10.7 Å². The molecule has 4 rings (SSSR count). The summed E-state index contributed by atoms with van der Waals surface area (Å²) >= 11 is 7.45. The molecule has 144 valence electrons. The predicted octanol–water partition coefficient (Wildman–Crippen LogP) is 4.25. The van der Waals surface area contributed by atoms with E-state index in [0.717, 1.165) is 28.2 Å². The highest BCUT2D eigenvalue weighted by molar-refractivity contribution is 8.00. The Morgan fingerprint density at radius 2 is 1.79 bits per heavy atom. The molecule has 8 heteroatoms. The average molecular weight is 414 g/mol. The Labute approximate surface area is 172 Å². The highest BCUT2D eigenvalue weighted by atomic mass is 35.5. The first-order valence-electron chi connectivity index (χ1n) is 8.90. The number of nitrogens with zero attached hydrogens (tertiary/aromatic N) is 3. The Bertz CT molecular complexity index is 1010. The van der Waals surface area contributed by atoms with Gasteiger partial charge >= 0.3 is 0 Å². The molecule has 3 aromatic rings. The topological polar surface area (TPSA) is 71.8 Å². The van der Waals surface area contributed by atoms with Crippen molar-refractivity contribution in [1.29, 1.82) is 0 Å². The highest BCUT2D eigenvalue weighted by Gasteiger charge is 2.37. The zero-order valence-electron chi connectivity index (χ0n) is 15.7. The summed E-state index contributed by atoms with van der Waals surface area (Å²) in [6, 6.07) is 13.3. The second-order valence-corrected chi connectivity index (χ2v) is 8.47. The Balaban J connectivity index is 1.67. The number of thioether (sulfide) groups is 1. The van der Waals surface area contributed by atoms with E-state index in [1.165, 1.54) is 11.8 Å². The summed E-state index contributed by atoms with van der Waals surface area (Å²) in [4.78, 5) is 13.2. The maximum Gasteiger partial charge on any atom is 0.240 e. The van der Waals surface area contributed by atoms with Crippen LogP contribution in [0.1, 0.15) is 28.6 Å². The molecule has 0 aliphatic carbocycles. The zero-order valence-corrected chi connectivity index (χ0v) is 17.3. The summed E-state index contributed by atoms with van der Waals surface area (Å²) in [5.41, 5.74) is 7.36. The van der Waals surface area contributed by atoms with Crippen LogP contribution < -0.4 is 10.7 Å². The molecule has 0 bridgehead atoms. The van der Waals surface area contributed by atoms with Gasteiger partial charge in [-0.3, -0.25) is 4.79 Å². The number of fused-ring (bicyclic) bond motifs is 1. The maximum atomic E-state index is 13.2. The molecule has 2 heterocycles. The van der Waals surface area contributed by atoms with Crippen LogP contribution in [0.15, 0.2) is 47.6 Å². The smallest absolute Gasteiger partial charge is 0.240 e. The fraction of sp³-hybridized carbons (Fsp3) is 0.250. The predicted molar refractivity (Wildman–Crippen MR) is 113 cm³/mol. The third-order valence-electron chi connectivity index (χ3n) is 4.58. The Kier molecular flexibility index (Phi) is 5.03. The summed E-state index contributed by atoms with van der Waals surface area (Å²) in [7, 11) is 0. The number of rotatable bonds is 3. The minimum atomic E-state index is -0.418. The van der Waals surface area contributed by atoms with E-state index in [1.807, 2.05) is 61.8 Å². The van der Waals surface area contributed by atoms with Gasteiger partial charge in [0.05, 0.1) is 6.04 Å². The number of aromatic nitrogens is 3. The number of hydrogen-bond acceptors (Lipinski definition) is 5. The number of aryl methyl sites for hydroxylation is 3. The van der Waals surface area contributed by atoms with E-state index >= 15 is 0 Å². The lowest BCUT2D eigenvalue weighted by atomic mass is 10.0. The molecule has 1 amide bonds. The van der Waals surface area contributed by atoms with E-state index < -0.39 is 5.25 Å². The molecule has 28 heavy (non-hydrogen) atoms. The number of nitrogens with one attached hydrogen (secondary N) is 2. The third kappa shape index (κ3) is 3.72. The Hall–Kier alpha value is -2.51. The van der Waals surface area contributed by atoms with Gasteiger partial charge in [-0.15, -0.1) is 10.2 Å². The molecule has 1 aliphatic rings. The van der Waals surface area contributed by atoms with Crippen LogP contribution in [-0.2, 0) is 4.79 Å². The summed E-state index contributed by atoms with van der Waals surface area (Å²) < 4.78 is 1.82. The maximum absolute atomic E-state index is 13.2. The molecule has 2 aromatic carbocycles. The van der Waals surface area contributed by atoms with Crippen molar-refractivity contribution < 1.29 is 4.79 Å². The van der Waals surface area contributed by atoms with E-state index in [0.29, 0.717) is 10.2 Å². The van der Waals surface area contributed by atoms with Gasteiger partial charge in [-0.25, -0.2) is 4.68 Å². The zero-order chi connectivity index (χ0) is 19.8. The second-order valence-electron chi connectivity index (χ2n) is 6.93. The van der Waals surface area contributed by atoms with Gasteiger partial charge in [-0.05, 0) is 61.7 Å². The lowest BCUT2D eigenvalue weighted by Gasteiger charge is -2.32. The molecule has 0 spiro atoms. The van der Waals surface area contributed by atoms with Crippen LogP contribution in [0.4, 0.5) is 5.69 Å². The third-order valence-corrected chi connectivity index (χ3v) is 6.04. The molecule has 2 N–H and O–H groups in total. The van der Waals surface area contributed by atoms with Crippen molar-refractivity contribution >= 4 is 35.0 Å².